The van der Waals surface area contributed by atoms with Gasteiger partial charge in [-0.25, -0.2) is 0 Å². The SMILES string of the molecule is Cc1nnc(CC(C)(C)CC2CC(C(C)(C)C)CCO2)o1. The molecule has 0 spiro atoms. The predicted molar refractivity (Wildman–Crippen MR) is 83.1 cm³/mol. The highest BCUT2D eigenvalue weighted by Crippen LogP contribution is 2.39. The summed E-state index contributed by atoms with van der Waals surface area (Å²) >= 11 is 0. The van der Waals surface area contributed by atoms with Crippen LogP contribution in [0.15, 0.2) is 4.42 Å². The lowest BCUT2D eigenvalue weighted by molar-refractivity contribution is -0.0534. The highest BCUT2D eigenvalue weighted by Gasteiger charge is 2.34. The Labute approximate surface area is 128 Å². The molecule has 120 valence electrons. The van der Waals surface area contributed by atoms with Gasteiger partial charge in [0.2, 0.25) is 11.8 Å². The van der Waals surface area contributed by atoms with Crippen molar-refractivity contribution in [3.8, 4) is 0 Å². The molecular weight excluding hydrogens is 264 g/mol. The zero-order chi connectivity index (χ0) is 15.7. The van der Waals surface area contributed by atoms with Crippen LogP contribution >= 0.6 is 0 Å². The number of aryl methyl sites for hydroxylation is 1. The standard InChI is InChI=1S/C17H30N2O2/c1-12-18-19-15(21-12)11-17(5,6)10-14-9-13(7-8-20-14)16(2,3)4/h13-14H,7-11H2,1-6H3. The van der Waals surface area contributed by atoms with Crippen LogP contribution in [0.2, 0.25) is 0 Å². The van der Waals surface area contributed by atoms with Crippen LogP contribution in [0.3, 0.4) is 0 Å². The first-order valence-electron chi connectivity index (χ1n) is 8.06. The van der Waals surface area contributed by atoms with E-state index in [0.29, 0.717) is 17.4 Å². The van der Waals surface area contributed by atoms with Crippen LogP contribution in [0.4, 0.5) is 0 Å². The van der Waals surface area contributed by atoms with Crippen molar-refractivity contribution in [1.29, 1.82) is 0 Å². The number of hydrogen-bond acceptors (Lipinski definition) is 4. The molecule has 4 heteroatoms. The van der Waals surface area contributed by atoms with Gasteiger partial charge in [-0.2, -0.15) is 0 Å². The Kier molecular flexibility index (Phi) is 4.76. The van der Waals surface area contributed by atoms with Gasteiger partial charge in [-0.3, -0.25) is 0 Å². The summed E-state index contributed by atoms with van der Waals surface area (Å²) in [4.78, 5) is 0. The van der Waals surface area contributed by atoms with Gasteiger partial charge in [0.1, 0.15) is 0 Å². The molecule has 2 atom stereocenters. The summed E-state index contributed by atoms with van der Waals surface area (Å²) in [6.45, 7) is 14.3. The second-order valence-corrected chi connectivity index (χ2v) is 8.34. The van der Waals surface area contributed by atoms with Gasteiger partial charge in [0.15, 0.2) is 0 Å². The van der Waals surface area contributed by atoms with Crippen molar-refractivity contribution in [2.24, 2.45) is 16.7 Å². The molecule has 0 aliphatic carbocycles. The van der Waals surface area contributed by atoms with Crippen molar-refractivity contribution in [1.82, 2.24) is 10.2 Å². The fraction of sp³-hybridized carbons (Fsp3) is 0.882. The van der Waals surface area contributed by atoms with Crippen molar-refractivity contribution in [2.45, 2.75) is 73.3 Å². The lowest BCUT2D eigenvalue weighted by Gasteiger charge is -2.40. The van der Waals surface area contributed by atoms with Crippen molar-refractivity contribution in [3.63, 3.8) is 0 Å². The molecule has 1 aliphatic heterocycles. The third-order valence-electron chi connectivity index (χ3n) is 4.57. The highest BCUT2D eigenvalue weighted by molar-refractivity contribution is 4.89. The average Bonchev–Trinajstić information content (AvgIpc) is 2.72. The smallest absolute Gasteiger partial charge is 0.217 e. The lowest BCUT2D eigenvalue weighted by Crippen LogP contribution is -2.36. The summed E-state index contributed by atoms with van der Waals surface area (Å²) in [5.74, 6) is 2.13. The van der Waals surface area contributed by atoms with Gasteiger partial charge in [-0.1, -0.05) is 34.6 Å². The van der Waals surface area contributed by atoms with Crippen LogP contribution < -0.4 is 0 Å². The van der Waals surface area contributed by atoms with Gasteiger partial charge in [0, 0.05) is 20.0 Å². The quantitative estimate of drug-likeness (QED) is 0.836. The minimum atomic E-state index is 0.114. The fourth-order valence-corrected chi connectivity index (χ4v) is 3.32. The van der Waals surface area contributed by atoms with E-state index in [1.807, 2.05) is 6.92 Å². The molecule has 1 aliphatic rings. The molecule has 1 fully saturated rings. The predicted octanol–water partition coefficient (Wildman–Crippen LogP) is 4.18. The van der Waals surface area contributed by atoms with Crippen molar-refractivity contribution in [2.75, 3.05) is 6.61 Å². The molecular formula is C17H30N2O2. The summed E-state index contributed by atoms with van der Waals surface area (Å²) in [5.41, 5.74) is 0.485. The Morgan fingerprint density at radius 1 is 1.14 bits per heavy atom. The first-order chi connectivity index (χ1) is 9.66. The molecule has 1 aromatic rings. The number of nitrogens with zero attached hydrogens (tertiary/aromatic N) is 2. The third-order valence-corrected chi connectivity index (χ3v) is 4.57. The molecule has 2 rings (SSSR count). The summed E-state index contributed by atoms with van der Waals surface area (Å²) in [6, 6.07) is 0. The van der Waals surface area contributed by atoms with Gasteiger partial charge >= 0.3 is 0 Å². The Morgan fingerprint density at radius 3 is 2.43 bits per heavy atom. The summed E-state index contributed by atoms with van der Waals surface area (Å²) < 4.78 is 11.5. The third kappa shape index (κ3) is 4.80. The van der Waals surface area contributed by atoms with Gasteiger partial charge < -0.3 is 9.15 Å². The normalized spacial score (nSPS) is 24.3. The van der Waals surface area contributed by atoms with Crippen LogP contribution in [0.25, 0.3) is 0 Å². The summed E-state index contributed by atoms with van der Waals surface area (Å²) in [7, 11) is 0. The second-order valence-electron chi connectivity index (χ2n) is 8.34. The highest BCUT2D eigenvalue weighted by atomic mass is 16.5. The first kappa shape index (κ1) is 16.5. The van der Waals surface area contributed by atoms with E-state index < -0.39 is 0 Å². The maximum Gasteiger partial charge on any atom is 0.217 e. The largest absolute Gasteiger partial charge is 0.426 e. The maximum atomic E-state index is 6.02. The Bertz CT molecular complexity index is 460. The van der Waals surface area contributed by atoms with Gasteiger partial charge in [0.25, 0.3) is 0 Å². The second kappa shape index (κ2) is 6.07. The minimum Gasteiger partial charge on any atom is -0.426 e. The van der Waals surface area contributed by atoms with Crippen LogP contribution in [0.5, 0.6) is 0 Å². The molecule has 2 unspecified atom stereocenters. The van der Waals surface area contributed by atoms with Crippen LogP contribution in [-0.4, -0.2) is 22.9 Å². The van der Waals surface area contributed by atoms with Crippen molar-refractivity contribution >= 4 is 0 Å². The molecule has 0 N–H and O–H groups in total. The zero-order valence-electron chi connectivity index (χ0n) is 14.4. The van der Waals surface area contributed by atoms with Crippen LogP contribution in [-0.2, 0) is 11.2 Å². The van der Waals surface area contributed by atoms with E-state index in [4.69, 9.17) is 9.15 Å². The number of hydrogen-bond donors (Lipinski definition) is 0. The van der Waals surface area contributed by atoms with Crippen molar-refractivity contribution in [3.05, 3.63) is 11.8 Å². The lowest BCUT2D eigenvalue weighted by atomic mass is 9.72. The molecule has 0 saturated carbocycles. The minimum absolute atomic E-state index is 0.114. The Balaban J connectivity index is 1.93. The van der Waals surface area contributed by atoms with Gasteiger partial charge in [0.05, 0.1) is 6.10 Å². The Morgan fingerprint density at radius 2 is 1.86 bits per heavy atom. The molecule has 4 nitrogen and oxygen atoms in total. The summed E-state index contributed by atoms with van der Waals surface area (Å²) in [6.07, 6.45) is 4.55. The first-order valence-corrected chi connectivity index (χ1v) is 8.06. The zero-order valence-corrected chi connectivity index (χ0v) is 14.4. The van der Waals surface area contributed by atoms with Crippen LogP contribution in [0.1, 0.15) is 65.7 Å². The molecule has 0 radical (unpaired) electrons. The van der Waals surface area contributed by atoms with Gasteiger partial charge in [-0.15, -0.1) is 10.2 Å². The molecule has 1 saturated heterocycles. The van der Waals surface area contributed by atoms with E-state index >= 15 is 0 Å². The number of aromatic nitrogens is 2. The van der Waals surface area contributed by atoms with E-state index in [1.54, 1.807) is 0 Å². The number of ether oxygens (including phenoxy) is 1. The maximum absolute atomic E-state index is 6.02. The number of rotatable bonds is 4. The topological polar surface area (TPSA) is 48.2 Å². The van der Waals surface area contributed by atoms with E-state index in [9.17, 15) is 0 Å². The summed E-state index contributed by atoms with van der Waals surface area (Å²) in [5, 5.41) is 8.03. The monoisotopic (exact) mass is 294 g/mol. The van der Waals surface area contributed by atoms with E-state index in [1.165, 1.54) is 6.42 Å². The Hall–Kier alpha value is -0.900. The average molecular weight is 294 g/mol. The van der Waals surface area contributed by atoms with E-state index in [0.717, 1.165) is 37.7 Å². The molecule has 0 amide bonds. The van der Waals surface area contributed by atoms with Crippen LogP contribution in [0, 0.1) is 23.7 Å². The fourth-order valence-electron chi connectivity index (χ4n) is 3.32. The van der Waals surface area contributed by atoms with Gasteiger partial charge in [-0.05, 0) is 36.0 Å². The molecule has 0 bridgehead atoms. The van der Waals surface area contributed by atoms with Crippen molar-refractivity contribution < 1.29 is 9.15 Å². The molecule has 2 heterocycles. The molecule has 0 aromatic carbocycles. The van der Waals surface area contributed by atoms with E-state index in [-0.39, 0.29) is 5.41 Å². The molecule has 1 aromatic heterocycles. The molecule has 21 heavy (non-hydrogen) atoms. The van der Waals surface area contributed by atoms with E-state index in [2.05, 4.69) is 44.8 Å².